The number of likely N-dealkylation sites (tertiary alicyclic amines) is 1. The van der Waals surface area contributed by atoms with Crippen molar-refractivity contribution in [1.82, 2.24) is 19.7 Å². The Bertz CT molecular complexity index is 608. The van der Waals surface area contributed by atoms with Crippen molar-refractivity contribution in [3.8, 4) is 5.88 Å². The van der Waals surface area contributed by atoms with Crippen molar-refractivity contribution in [1.29, 1.82) is 0 Å². The van der Waals surface area contributed by atoms with Crippen LogP contribution in [0.5, 0.6) is 5.88 Å². The van der Waals surface area contributed by atoms with Crippen molar-refractivity contribution in [2.45, 2.75) is 19.3 Å². The Morgan fingerprint density at radius 3 is 2.44 bits per heavy atom. The molecule has 136 valence electrons. The third-order valence-electron chi connectivity index (χ3n) is 4.92. The van der Waals surface area contributed by atoms with E-state index in [9.17, 15) is 9.59 Å². The molecule has 0 atom stereocenters. The first-order valence-electron chi connectivity index (χ1n) is 8.97. The molecule has 2 aliphatic heterocycles. The van der Waals surface area contributed by atoms with E-state index in [0.29, 0.717) is 44.2 Å². The molecular weight excluding hydrogens is 320 g/mol. The molecule has 1 aromatic heterocycles. The predicted molar refractivity (Wildman–Crippen MR) is 93.6 cm³/mol. The van der Waals surface area contributed by atoms with Gasteiger partial charge in [-0.05, 0) is 31.4 Å². The van der Waals surface area contributed by atoms with Gasteiger partial charge in [-0.1, -0.05) is 0 Å². The summed E-state index contributed by atoms with van der Waals surface area (Å²) >= 11 is 0. The molecule has 0 radical (unpaired) electrons. The minimum absolute atomic E-state index is 0.0630. The van der Waals surface area contributed by atoms with Crippen LogP contribution in [-0.2, 0) is 4.79 Å². The van der Waals surface area contributed by atoms with Gasteiger partial charge in [0.15, 0.2) is 0 Å². The summed E-state index contributed by atoms with van der Waals surface area (Å²) in [6.07, 6.45) is 5.06. The minimum atomic E-state index is -0.0630. The van der Waals surface area contributed by atoms with Crippen LogP contribution in [0.2, 0.25) is 0 Å². The SMILES string of the molecule is COc1ncccc1C(=O)N1CCN(CC(=O)N2CCCCC2)CC1. The summed E-state index contributed by atoms with van der Waals surface area (Å²) in [4.78, 5) is 35.0. The number of piperidine rings is 1. The van der Waals surface area contributed by atoms with Gasteiger partial charge in [0.1, 0.15) is 5.56 Å². The van der Waals surface area contributed by atoms with E-state index in [-0.39, 0.29) is 11.8 Å². The standard InChI is InChI=1S/C18H26N4O3/c1-25-17-15(6-5-7-19-17)18(24)22-12-10-20(11-13-22)14-16(23)21-8-3-2-4-9-21/h5-7H,2-4,8-14H2,1H3. The summed E-state index contributed by atoms with van der Waals surface area (Å²) in [5, 5.41) is 0. The number of carbonyl (C=O) groups excluding carboxylic acids is 2. The summed E-state index contributed by atoms with van der Waals surface area (Å²) in [6.45, 7) is 4.89. The van der Waals surface area contributed by atoms with Crippen molar-refractivity contribution in [2.75, 3.05) is 52.9 Å². The Balaban J connectivity index is 1.51. The van der Waals surface area contributed by atoms with E-state index < -0.39 is 0 Å². The van der Waals surface area contributed by atoms with Crippen molar-refractivity contribution in [2.24, 2.45) is 0 Å². The van der Waals surface area contributed by atoms with Crippen molar-refractivity contribution >= 4 is 11.8 Å². The molecule has 3 rings (SSSR count). The minimum Gasteiger partial charge on any atom is -0.480 e. The molecule has 0 N–H and O–H groups in total. The van der Waals surface area contributed by atoms with Crippen LogP contribution >= 0.6 is 0 Å². The number of aromatic nitrogens is 1. The monoisotopic (exact) mass is 346 g/mol. The highest BCUT2D eigenvalue weighted by Crippen LogP contribution is 2.17. The fourth-order valence-electron chi connectivity index (χ4n) is 3.43. The number of nitrogens with zero attached hydrogens (tertiary/aromatic N) is 4. The largest absolute Gasteiger partial charge is 0.480 e. The topological polar surface area (TPSA) is 66.0 Å². The maximum Gasteiger partial charge on any atom is 0.259 e. The molecule has 2 amide bonds. The van der Waals surface area contributed by atoms with E-state index >= 15 is 0 Å². The zero-order chi connectivity index (χ0) is 17.6. The molecule has 0 spiro atoms. The number of hydrogen-bond donors (Lipinski definition) is 0. The van der Waals surface area contributed by atoms with Gasteiger partial charge in [-0.25, -0.2) is 4.98 Å². The molecule has 3 heterocycles. The van der Waals surface area contributed by atoms with E-state index in [1.165, 1.54) is 13.5 Å². The average molecular weight is 346 g/mol. The van der Waals surface area contributed by atoms with Crippen LogP contribution < -0.4 is 4.74 Å². The van der Waals surface area contributed by atoms with Crippen molar-refractivity contribution in [3.05, 3.63) is 23.9 Å². The zero-order valence-corrected chi connectivity index (χ0v) is 14.8. The second-order valence-corrected chi connectivity index (χ2v) is 6.57. The number of amides is 2. The number of pyridine rings is 1. The highest BCUT2D eigenvalue weighted by Gasteiger charge is 2.26. The van der Waals surface area contributed by atoms with Gasteiger partial charge < -0.3 is 14.5 Å². The van der Waals surface area contributed by atoms with Crippen LogP contribution in [0, 0.1) is 0 Å². The summed E-state index contributed by atoms with van der Waals surface area (Å²) in [5.41, 5.74) is 0.489. The first kappa shape index (κ1) is 17.7. The Kier molecular flexibility index (Phi) is 5.86. The Hall–Kier alpha value is -2.15. The fourth-order valence-corrected chi connectivity index (χ4v) is 3.43. The first-order chi connectivity index (χ1) is 12.2. The van der Waals surface area contributed by atoms with Crippen LogP contribution in [0.25, 0.3) is 0 Å². The molecule has 7 nitrogen and oxygen atoms in total. The van der Waals surface area contributed by atoms with E-state index in [1.807, 2.05) is 4.90 Å². The Morgan fingerprint density at radius 1 is 1.04 bits per heavy atom. The summed E-state index contributed by atoms with van der Waals surface area (Å²) in [7, 11) is 1.52. The molecule has 7 heteroatoms. The Morgan fingerprint density at radius 2 is 1.76 bits per heavy atom. The molecule has 25 heavy (non-hydrogen) atoms. The van der Waals surface area contributed by atoms with Gasteiger partial charge in [-0.2, -0.15) is 0 Å². The van der Waals surface area contributed by atoms with Gasteiger partial charge >= 0.3 is 0 Å². The fraction of sp³-hybridized carbons (Fsp3) is 0.611. The third-order valence-corrected chi connectivity index (χ3v) is 4.92. The quantitative estimate of drug-likeness (QED) is 0.809. The highest BCUT2D eigenvalue weighted by molar-refractivity contribution is 5.96. The van der Waals surface area contributed by atoms with Gasteiger partial charge in [0.05, 0.1) is 13.7 Å². The lowest BCUT2D eigenvalue weighted by atomic mass is 10.1. The molecule has 0 saturated carbocycles. The second kappa shape index (κ2) is 8.29. The van der Waals surface area contributed by atoms with E-state index in [2.05, 4.69) is 9.88 Å². The highest BCUT2D eigenvalue weighted by atomic mass is 16.5. The summed E-state index contributed by atoms with van der Waals surface area (Å²) in [6, 6.07) is 3.48. The maximum absolute atomic E-state index is 12.7. The lowest BCUT2D eigenvalue weighted by Gasteiger charge is -2.36. The molecule has 2 aliphatic rings. The summed E-state index contributed by atoms with van der Waals surface area (Å²) in [5.74, 6) is 0.510. The molecule has 0 aromatic carbocycles. The predicted octanol–water partition coefficient (Wildman–Crippen LogP) is 0.861. The van der Waals surface area contributed by atoms with Crippen molar-refractivity contribution < 1.29 is 14.3 Å². The molecule has 0 bridgehead atoms. The number of hydrogen-bond acceptors (Lipinski definition) is 5. The van der Waals surface area contributed by atoms with Gasteiger partial charge in [-0.3, -0.25) is 14.5 Å². The van der Waals surface area contributed by atoms with E-state index in [0.717, 1.165) is 25.9 Å². The second-order valence-electron chi connectivity index (χ2n) is 6.57. The van der Waals surface area contributed by atoms with E-state index in [1.54, 1.807) is 23.2 Å². The van der Waals surface area contributed by atoms with Gasteiger partial charge in [0, 0.05) is 45.5 Å². The smallest absolute Gasteiger partial charge is 0.259 e. The normalized spacial score (nSPS) is 18.9. The van der Waals surface area contributed by atoms with Crippen LogP contribution in [0.3, 0.4) is 0 Å². The number of methoxy groups -OCH3 is 1. The van der Waals surface area contributed by atoms with Gasteiger partial charge in [0.2, 0.25) is 11.8 Å². The average Bonchev–Trinajstić information content (AvgIpc) is 2.68. The molecule has 2 saturated heterocycles. The lowest BCUT2D eigenvalue weighted by Crippen LogP contribution is -2.52. The van der Waals surface area contributed by atoms with Crippen LogP contribution in [-0.4, -0.2) is 84.4 Å². The van der Waals surface area contributed by atoms with Crippen molar-refractivity contribution in [3.63, 3.8) is 0 Å². The third kappa shape index (κ3) is 4.28. The Labute approximate surface area is 148 Å². The van der Waals surface area contributed by atoms with Gasteiger partial charge in [-0.15, -0.1) is 0 Å². The molecule has 2 fully saturated rings. The number of piperazine rings is 1. The molecule has 1 aromatic rings. The number of ether oxygens (including phenoxy) is 1. The number of rotatable bonds is 4. The number of carbonyl (C=O) groups is 2. The molecular formula is C18H26N4O3. The first-order valence-corrected chi connectivity index (χ1v) is 8.97. The lowest BCUT2D eigenvalue weighted by molar-refractivity contribution is -0.133. The van der Waals surface area contributed by atoms with Crippen LogP contribution in [0.1, 0.15) is 29.6 Å². The van der Waals surface area contributed by atoms with E-state index in [4.69, 9.17) is 4.74 Å². The van der Waals surface area contributed by atoms with Crippen LogP contribution in [0.4, 0.5) is 0 Å². The maximum atomic E-state index is 12.7. The van der Waals surface area contributed by atoms with Crippen LogP contribution in [0.15, 0.2) is 18.3 Å². The molecule has 0 unspecified atom stereocenters. The van der Waals surface area contributed by atoms with Gasteiger partial charge in [0.25, 0.3) is 5.91 Å². The zero-order valence-electron chi connectivity index (χ0n) is 14.8. The summed E-state index contributed by atoms with van der Waals surface area (Å²) < 4.78 is 5.18. The molecule has 0 aliphatic carbocycles.